The Morgan fingerprint density at radius 1 is 1.13 bits per heavy atom. The molecule has 0 bridgehead atoms. The highest BCUT2D eigenvalue weighted by atomic mass is 35.5. The Labute approximate surface area is 187 Å². The molecule has 0 saturated heterocycles. The van der Waals surface area contributed by atoms with Gasteiger partial charge in [-0.25, -0.2) is 0 Å². The summed E-state index contributed by atoms with van der Waals surface area (Å²) in [5.41, 5.74) is 1.47. The maximum absolute atomic E-state index is 13.0. The fourth-order valence-electron chi connectivity index (χ4n) is 3.31. The van der Waals surface area contributed by atoms with Crippen LogP contribution in [0.25, 0.3) is 0 Å². The topological polar surface area (TPSA) is 116 Å². The van der Waals surface area contributed by atoms with Crippen LogP contribution in [0, 0.1) is 6.92 Å². The zero-order chi connectivity index (χ0) is 22.1. The first-order valence-corrected chi connectivity index (χ1v) is 10.1. The van der Waals surface area contributed by atoms with Gasteiger partial charge in [0.1, 0.15) is 5.82 Å². The van der Waals surface area contributed by atoms with Crippen molar-refractivity contribution in [3.8, 4) is 0 Å². The van der Waals surface area contributed by atoms with Gasteiger partial charge in [0.25, 0.3) is 5.56 Å². The number of hydrogen-bond donors (Lipinski definition) is 4. The molecule has 8 nitrogen and oxygen atoms in total. The standard InChI is InChI=1S/C21H17Cl2N5O3/c1-10-5-6-12(23)8-15(10)25-19(30)14-9-16(29)26-18-17(14)20(31)28-21(27-18)24-13-4-2-3-11(22)7-13/h2-8,14H,9H2,1H3,(H,25,30)(H3,24,26,27,28,29,31). The van der Waals surface area contributed by atoms with Crippen molar-refractivity contribution in [1.29, 1.82) is 0 Å². The summed E-state index contributed by atoms with van der Waals surface area (Å²) < 4.78 is 0. The molecule has 3 aromatic rings. The smallest absolute Gasteiger partial charge is 0.258 e. The van der Waals surface area contributed by atoms with Crippen LogP contribution in [0.3, 0.4) is 0 Å². The number of nitrogens with one attached hydrogen (secondary N) is 4. The van der Waals surface area contributed by atoms with E-state index in [1.54, 1.807) is 42.5 Å². The number of anilines is 4. The highest BCUT2D eigenvalue weighted by molar-refractivity contribution is 6.31. The first-order valence-electron chi connectivity index (χ1n) is 9.34. The van der Waals surface area contributed by atoms with E-state index in [0.717, 1.165) is 5.56 Å². The summed E-state index contributed by atoms with van der Waals surface area (Å²) in [6.45, 7) is 1.82. The van der Waals surface area contributed by atoms with Crippen LogP contribution in [0.2, 0.25) is 10.0 Å². The van der Waals surface area contributed by atoms with E-state index in [1.807, 2.05) is 6.92 Å². The summed E-state index contributed by atoms with van der Waals surface area (Å²) in [5, 5.41) is 9.22. The molecule has 1 aromatic heterocycles. The lowest BCUT2D eigenvalue weighted by atomic mass is 9.92. The molecule has 1 unspecified atom stereocenters. The SMILES string of the molecule is Cc1ccc(Cl)cc1NC(=O)C1CC(=O)Nc2nc(Nc3cccc(Cl)c3)[nH]c(=O)c21. The van der Waals surface area contributed by atoms with E-state index in [9.17, 15) is 14.4 Å². The number of aryl methyl sites for hydroxylation is 1. The van der Waals surface area contributed by atoms with Crippen molar-refractivity contribution < 1.29 is 9.59 Å². The number of aromatic amines is 1. The molecule has 0 saturated carbocycles. The fraction of sp³-hybridized carbons (Fsp3) is 0.143. The van der Waals surface area contributed by atoms with Gasteiger partial charge in [-0.05, 0) is 42.8 Å². The van der Waals surface area contributed by atoms with E-state index >= 15 is 0 Å². The molecule has 1 atom stereocenters. The third-order valence-corrected chi connectivity index (χ3v) is 5.28. The largest absolute Gasteiger partial charge is 0.326 e. The van der Waals surface area contributed by atoms with Crippen molar-refractivity contribution in [1.82, 2.24) is 9.97 Å². The molecule has 1 aliphatic rings. The molecular weight excluding hydrogens is 441 g/mol. The van der Waals surface area contributed by atoms with Crippen LogP contribution < -0.4 is 21.5 Å². The highest BCUT2D eigenvalue weighted by Crippen LogP contribution is 2.31. The molecule has 10 heteroatoms. The Balaban J connectivity index is 1.66. The Hall–Kier alpha value is -3.36. The van der Waals surface area contributed by atoms with E-state index in [2.05, 4.69) is 25.9 Å². The van der Waals surface area contributed by atoms with Crippen LogP contribution in [-0.4, -0.2) is 21.8 Å². The number of H-pyrrole nitrogens is 1. The van der Waals surface area contributed by atoms with Crippen molar-refractivity contribution in [3.63, 3.8) is 0 Å². The van der Waals surface area contributed by atoms with Gasteiger partial charge in [0.2, 0.25) is 17.8 Å². The van der Waals surface area contributed by atoms with E-state index in [0.29, 0.717) is 21.4 Å². The van der Waals surface area contributed by atoms with Crippen LogP contribution in [0.1, 0.15) is 23.5 Å². The maximum atomic E-state index is 13.0. The molecule has 2 amide bonds. The van der Waals surface area contributed by atoms with Crippen LogP contribution >= 0.6 is 23.2 Å². The first-order chi connectivity index (χ1) is 14.8. The molecular formula is C21H17Cl2N5O3. The summed E-state index contributed by atoms with van der Waals surface area (Å²) in [7, 11) is 0. The monoisotopic (exact) mass is 457 g/mol. The van der Waals surface area contributed by atoms with Crippen LogP contribution in [0.15, 0.2) is 47.3 Å². The second-order valence-corrected chi connectivity index (χ2v) is 7.94. The zero-order valence-corrected chi connectivity index (χ0v) is 17.8. The molecule has 0 radical (unpaired) electrons. The van der Waals surface area contributed by atoms with Gasteiger partial charge in [-0.3, -0.25) is 19.4 Å². The predicted octanol–water partition coefficient (Wildman–Crippen LogP) is 4.19. The van der Waals surface area contributed by atoms with Crippen LogP contribution in [-0.2, 0) is 9.59 Å². The van der Waals surface area contributed by atoms with Crippen LogP contribution in [0.5, 0.6) is 0 Å². The highest BCUT2D eigenvalue weighted by Gasteiger charge is 2.35. The summed E-state index contributed by atoms with van der Waals surface area (Å²) >= 11 is 12.0. The number of halogens is 2. The third-order valence-electron chi connectivity index (χ3n) is 4.81. The summed E-state index contributed by atoms with van der Waals surface area (Å²) in [6.07, 6.45) is -0.176. The van der Waals surface area contributed by atoms with E-state index in [4.69, 9.17) is 23.2 Å². The quantitative estimate of drug-likeness (QED) is 0.468. The molecule has 4 N–H and O–H groups in total. The molecule has 158 valence electrons. The van der Waals surface area contributed by atoms with Gasteiger partial charge in [-0.2, -0.15) is 4.98 Å². The number of benzene rings is 2. The summed E-state index contributed by atoms with van der Waals surface area (Å²) in [5.74, 6) is -1.77. The van der Waals surface area contributed by atoms with Gasteiger partial charge in [-0.15, -0.1) is 0 Å². The van der Waals surface area contributed by atoms with Gasteiger partial charge in [0.15, 0.2) is 0 Å². The van der Waals surface area contributed by atoms with Gasteiger partial charge in [0, 0.05) is 27.8 Å². The Morgan fingerprint density at radius 2 is 1.90 bits per heavy atom. The Bertz CT molecular complexity index is 1260. The fourth-order valence-corrected chi connectivity index (χ4v) is 3.67. The number of amides is 2. The number of carbonyl (C=O) groups excluding carboxylic acids is 2. The van der Waals surface area contributed by atoms with Gasteiger partial charge in [-0.1, -0.05) is 35.3 Å². The molecule has 0 spiro atoms. The van der Waals surface area contributed by atoms with Crippen molar-refractivity contribution in [3.05, 3.63) is 74.0 Å². The number of nitrogens with zero attached hydrogens (tertiary/aromatic N) is 1. The normalized spacial score (nSPS) is 15.1. The summed E-state index contributed by atoms with van der Waals surface area (Å²) in [4.78, 5) is 44.9. The molecule has 0 fully saturated rings. The number of hydrogen-bond acceptors (Lipinski definition) is 5. The lowest BCUT2D eigenvalue weighted by molar-refractivity contribution is -0.123. The third kappa shape index (κ3) is 4.55. The second-order valence-electron chi connectivity index (χ2n) is 7.07. The average Bonchev–Trinajstić information content (AvgIpc) is 2.69. The first kappa shape index (κ1) is 20.9. The minimum Gasteiger partial charge on any atom is -0.326 e. The second kappa shape index (κ2) is 8.41. The number of fused-ring (bicyclic) bond motifs is 1. The molecule has 2 aromatic carbocycles. The summed E-state index contributed by atoms with van der Waals surface area (Å²) in [6, 6.07) is 11.9. The van der Waals surface area contributed by atoms with E-state index in [1.165, 1.54) is 0 Å². The maximum Gasteiger partial charge on any atom is 0.258 e. The minimum atomic E-state index is -1.00. The average molecular weight is 458 g/mol. The molecule has 2 heterocycles. The van der Waals surface area contributed by atoms with Crippen LogP contribution in [0.4, 0.5) is 23.1 Å². The van der Waals surface area contributed by atoms with Crippen molar-refractivity contribution in [2.75, 3.05) is 16.0 Å². The zero-order valence-electron chi connectivity index (χ0n) is 16.3. The minimum absolute atomic E-state index is 0.0347. The molecule has 1 aliphatic heterocycles. The van der Waals surface area contributed by atoms with E-state index < -0.39 is 23.3 Å². The molecule has 0 aliphatic carbocycles. The molecule has 31 heavy (non-hydrogen) atoms. The molecule has 4 rings (SSSR count). The van der Waals surface area contributed by atoms with Gasteiger partial charge in [0.05, 0.1) is 11.5 Å². The Kier molecular flexibility index (Phi) is 5.67. The van der Waals surface area contributed by atoms with Gasteiger partial charge >= 0.3 is 0 Å². The van der Waals surface area contributed by atoms with Crippen molar-refractivity contribution in [2.24, 2.45) is 0 Å². The predicted molar refractivity (Wildman–Crippen MR) is 120 cm³/mol. The number of carbonyl (C=O) groups is 2. The number of aromatic nitrogens is 2. The van der Waals surface area contributed by atoms with Crippen molar-refractivity contribution >= 4 is 58.2 Å². The lowest BCUT2D eigenvalue weighted by Gasteiger charge is -2.24. The number of rotatable bonds is 4. The van der Waals surface area contributed by atoms with Gasteiger partial charge < -0.3 is 16.0 Å². The van der Waals surface area contributed by atoms with E-state index in [-0.39, 0.29) is 23.8 Å². The van der Waals surface area contributed by atoms with Crippen molar-refractivity contribution in [2.45, 2.75) is 19.3 Å². The Morgan fingerprint density at radius 3 is 2.68 bits per heavy atom. The lowest BCUT2D eigenvalue weighted by Crippen LogP contribution is -2.36.